The van der Waals surface area contributed by atoms with E-state index in [0.717, 1.165) is 56.3 Å². The molecule has 2 aromatic heterocycles. The molecule has 0 bridgehead atoms. The number of aryl methyl sites for hydroxylation is 2. The number of rotatable bonds is 6. The van der Waals surface area contributed by atoms with E-state index in [0.29, 0.717) is 6.54 Å². The molecule has 1 fully saturated rings. The van der Waals surface area contributed by atoms with Gasteiger partial charge in [0.1, 0.15) is 11.6 Å². The van der Waals surface area contributed by atoms with Crippen LogP contribution in [0.2, 0.25) is 0 Å². The lowest BCUT2D eigenvalue weighted by Gasteiger charge is -2.35. The van der Waals surface area contributed by atoms with Crippen LogP contribution in [0.5, 0.6) is 5.75 Å². The third kappa shape index (κ3) is 4.41. The summed E-state index contributed by atoms with van der Waals surface area (Å²) in [7, 11) is 0. The summed E-state index contributed by atoms with van der Waals surface area (Å²) < 4.78 is 3.72. The van der Waals surface area contributed by atoms with Crippen LogP contribution in [0, 0.1) is 13.8 Å². The van der Waals surface area contributed by atoms with E-state index in [1.807, 2.05) is 36.0 Å². The molecule has 0 aliphatic carbocycles. The lowest BCUT2D eigenvalue weighted by atomic mass is 10.2. The van der Waals surface area contributed by atoms with Crippen molar-refractivity contribution in [1.82, 2.24) is 19.2 Å². The average Bonchev–Trinajstić information content (AvgIpc) is 3.02. The summed E-state index contributed by atoms with van der Waals surface area (Å²) in [4.78, 5) is 21.8. The largest absolute Gasteiger partial charge is 0.508 e. The Balaban J connectivity index is 1.34. The molecule has 0 radical (unpaired) electrons. The molecule has 0 saturated carbocycles. The molecule has 158 valence electrons. The van der Waals surface area contributed by atoms with Crippen LogP contribution in [0.4, 0.5) is 5.82 Å². The van der Waals surface area contributed by atoms with E-state index in [9.17, 15) is 9.90 Å². The highest BCUT2D eigenvalue weighted by molar-refractivity contribution is 5.41. The van der Waals surface area contributed by atoms with Gasteiger partial charge in [0, 0.05) is 57.2 Å². The third-order valence-electron chi connectivity index (χ3n) is 5.70. The Kier molecular flexibility index (Phi) is 5.90. The van der Waals surface area contributed by atoms with Gasteiger partial charge in [0.2, 0.25) is 0 Å². The first-order valence-corrected chi connectivity index (χ1v) is 10.5. The van der Waals surface area contributed by atoms with E-state index in [2.05, 4.69) is 27.8 Å². The number of phenolic OH excluding ortho intramolecular Hbond substituents is 1. The Hall–Kier alpha value is -3.06. The number of hydrogen-bond donors (Lipinski definition) is 1. The quantitative estimate of drug-likeness (QED) is 0.680. The van der Waals surface area contributed by atoms with Crippen molar-refractivity contribution in [3.8, 4) is 11.4 Å². The lowest BCUT2D eigenvalue weighted by Crippen LogP contribution is -2.47. The number of nitrogens with zero attached hydrogens (tertiary/aromatic N) is 5. The fraction of sp³-hybridized carbons (Fsp3) is 0.391. The van der Waals surface area contributed by atoms with Crippen molar-refractivity contribution in [2.75, 3.05) is 37.6 Å². The summed E-state index contributed by atoms with van der Waals surface area (Å²) >= 11 is 0. The highest BCUT2D eigenvalue weighted by Crippen LogP contribution is 2.17. The van der Waals surface area contributed by atoms with Crippen LogP contribution in [0.1, 0.15) is 17.7 Å². The zero-order valence-electron chi connectivity index (χ0n) is 17.7. The topological polar surface area (TPSA) is 66.5 Å². The van der Waals surface area contributed by atoms with Gasteiger partial charge in [0.05, 0.1) is 5.69 Å². The van der Waals surface area contributed by atoms with E-state index in [4.69, 9.17) is 0 Å². The summed E-state index contributed by atoms with van der Waals surface area (Å²) in [6.45, 7) is 9.60. The second kappa shape index (κ2) is 8.75. The van der Waals surface area contributed by atoms with Crippen LogP contribution < -0.4 is 10.5 Å². The van der Waals surface area contributed by atoms with E-state index in [-0.39, 0.29) is 11.3 Å². The van der Waals surface area contributed by atoms with Gasteiger partial charge in [-0.3, -0.25) is 14.4 Å². The Morgan fingerprint density at radius 3 is 2.40 bits per heavy atom. The van der Waals surface area contributed by atoms with Gasteiger partial charge in [-0.05, 0) is 62.2 Å². The van der Waals surface area contributed by atoms with Gasteiger partial charge in [-0.25, -0.2) is 9.67 Å². The number of piperazine rings is 1. The number of phenols is 1. The molecule has 1 aliphatic rings. The second-order valence-corrected chi connectivity index (χ2v) is 7.95. The summed E-state index contributed by atoms with van der Waals surface area (Å²) in [6, 6.07) is 12.8. The molecule has 30 heavy (non-hydrogen) atoms. The van der Waals surface area contributed by atoms with Gasteiger partial charge < -0.3 is 10.0 Å². The van der Waals surface area contributed by atoms with Crippen molar-refractivity contribution in [1.29, 1.82) is 0 Å². The van der Waals surface area contributed by atoms with Gasteiger partial charge in [0.15, 0.2) is 0 Å². The van der Waals surface area contributed by atoms with E-state index in [1.165, 1.54) is 5.56 Å². The Labute approximate surface area is 176 Å². The van der Waals surface area contributed by atoms with Crippen LogP contribution in [-0.2, 0) is 6.54 Å². The Morgan fingerprint density at radius 1 is 0.967 bits per heavy atom. The van der Waals surface area contributed by atoms with Crippen LogP contribution in [0.3, 0.4) is 0 Å². The van der Waals surface area contributed by atoms with Gasteiger partial charge in [-0.15, -0.1) is 0 Å². The molecule has 7 nitrogen and oxygen atoms in total. The van der Waals surface area contributed by atoms with Crippen molar-refractivity contribution in [3.63, 3.8) is 0 Å². The molecular weight excluding hydrogens is 378 g/mol. The molecule has 0 spiro atoms. The van der Waals surface area contributed by atoms with E-state index in [1.54, 1.807) is 22.9 Å². The van der Waals surface area contributed by atoms with Crippen molar-refractivity contribution in [2.24, 2.45) is 0 Å². The highest BCUT2D eigenvalue weighted by Gasteiger charge is 2.18. The van der Waals surface area contributed by atoms with Crippen molar-refractivity contribution in [3.05, 3.63) is 70.3 Å². The summed E-state index contributed by atoms with van der Waals surface area (Å²) in [5.41, 5.74) is 3.02. The number of aromatic hydroxyl groups is 1. The number of hydrogen-bond acceptors (Lipinski definition) is 5. The Morgan fingerprint density at radius 2 is 1.70 bits per heavy atom. The zero-order chi connectivity index (χ0) is 21.1. The molecule has 7 heteroatoms. The van der Waals surface area contributed by atoms with Crippen LogP contribution in [0.15, 0.2) is 53.5 Å². The molecule has 0 amide bonds. The Bertz CT molecular complexity index is 1050. The SMILES string of the molecule is Cc1ccnc(N2CCN(CCCn3c(=O)cc(C)n3-c3ccc(O)cc3)CC2)c1. The van der Waals surface area contributed by atoms with Crippen molar-refractivity contribution < 1.29 is 5.11 Å². The normalized spacial score (nSPS) is 14.9. The van der Waals surface area contributed by atoms with Crippen LogP contribution in [0.25, 0.3) is 5.69 Å². The van der Waals surface area contributed by atoms with Gasteiger partial charge in [-0.1, -0.05) is 0 Å². The molecule has 1 N–H and O–H groups in total. The minimum absolute atomic E-state index is 0.0101. The fourth-order valence-corrected chi connectivity index (χ4v) is 4.09. The van der Waals surface area contributed by atoms with Gasteiger partial charge in [-0.2, -0.15) is 0 Å². The molecule has 1 aromatic carbocycles. The maximum atomic E-state index is 12.5. The molecule has 4 rings (SSSR count). The maximum Gasteiger partial charge on any atom is 0.267 e. The second-order valence-electron chi connectivity index (χ2n) is 7.95. The minimum atomic E-state index is 0.0101. The van der Waals surface area contributed by atoms with Gasteiger partial charge in [0.25, 0.3) is 5.56 Å². The monoisotopic (exact) mass is 407 g/mol. The first kappa shape index (κ1) is 20.2. The number of benzene rings is 1. The molecule has 3 heterocycles. The molecule has 1 saturated heterocycles. The maximum absolute atomic E-state index is 12.5. The summed E-state index contributed by atoms with van der Waals surface area (Å²) in [5.74, 6) is 1.28. The first-order valence-electron chi connectivity index (χ1n) is 10.5. The molecule has 1 aliphatic heterocycles. The van der Waals surface area contributed by atoms with Gasteiger partial charge >= 0.3 is 0 Å². The van der Waals surface area contributed by atoms with Crippen molar-refractivity contribution in [2.45, 2.75) is 26.8 Å². The standard InChI is InChI=1S/C23H29N5O2/c1-18-8-9-24-22(16-18)26-14-12-25(13-15-26)10-3-11-27-23(30)17-19(2)28(27)20-4-6-21(29)7-5-20/h4-9,16-17,29H,3,10-15H2,1-2H3. The predicted molar refractivity (Wildman–Crippen MR) is 119 cm³/mol. The first-order chi connectivity index (χ1) is 14.5. The fourth-order valence-electron chi connectivity index (χ4n) is 4.09. The predicted octanol–water partition coefficient (Wildman–Crippen LogP) is 2.57. The average molecular weight is 408 g/mol. The molecule has 0 atom stereocenters. The lowest BCUT2D eigenvalue weighted by molar-refractivity contribution is 0.247. The molecular formula is C23H29N5O2. The van der Waals surface area contributed by atoms with E-state index < -0.39 is 0 Å². The zero-order valence-corrected chi connectivity index (χ0v) is 17.7. The minimum Gasteiger partial charge on any atom is -0.508 e. The summed E-state index contributed by atoms with van der Waals surface area (Å²) in [6.07, 6.45) is 2.78. The molecule has 3 aromatic rings. The number of aromatic nitrogens is 3. The third-order valence-corrected chi connectivity index (χ3v) is 5.70. The smallest absolute Gasteiger partial charge is 0.267 e. The van der Waals surface area contributed by atoms with E-state index >= 15 is 0 Å². The number of pyridine rings is 1. The summed E-state index contributed by atoms with van der Waals surface area (Å²) in [5, 5.41) is 9.55. The molecule has 0 unspecified atom stereocenters. The van der Waals surface area contributed by atoms with Crippen molar-refractivity contribution >= 4 is 5.82 Å². The van der Waals surface area contributed by atoms with Crippen LogP contribution >= 0.6 is 0 Å². The van der Waals surface area contributed by atoms with Crippen LogP contribution in [-0.4, -0.2) is 57.1 Å². The number of anilines is 1. The highest BCUT2D eigenvalue weighted by atomic mass is 16.3.